The number of nitrogens with one attached hydrogen (secondary N) is 1. The van der Waals surface area contributed by atoms with Gasteiger partial charge in [-0.15, -0.1) is 0 Å². The van der Waals surface area contributed by atoms with Crippen molar-refractivity contribution in [1.82, 2.24) is 19.8 Å². The lowest BCUT2D eigenvalue weighted by atomic mass is 9.94. The predicted octanol–water partition coefficient (Wildman–Crippen LogP) is 3.58. The summed E-state index contributed by atoms with van der Waals surface area (Å²) in [5.74, 6) is 1.46. The van der Waals surface area contributed by atoms with E-state index in [-0.39, 0.29) is 5.91 Å². The van der Waals surface area contributed by atoms with Crippen LogP contribution in [0.1, 0.15) is 43.9 Å². The van der Waals surface area contributed by atoms with Crippen molar-refractivity contribution in [1.29, 1.82) is 0 Å². The number of anilines is 2. The van der Waals surface area contributed by atoms with Crippen molar-refractivity contribution in [2.45, 2.75) is 39.5 Å². The van der Waals surface area contributed by atoms with Crippen LogP contribution in [-0.2, 0) is 4.79 Å². The van der Waals surface area contributed by atoms with Crippen molar-refractivity contribution < 1.29 is 4.79 Å². The number of likely N-dealkylation sites (tertiary alicyclic amines) is 1. The number of amides is 1. The number of rotatable bonds is 7. The number of hydrogen-bond acceptors (Lipinski definition) is 5. The summed E-state index contributed by atoms with van der Waals surface area (Å²) in [4.78, 5) is 25.7. The van der Waals surface area contributed by atoms with E-state index in [0.717, 1.165) is 61.8 Å². The minimum Gasteiger partial charge on any atom is -0.342 e. The van der Waals surface area contributed by atoms with E-state index in [1.807, 2.05) is 44.0 Å². The molecule has 0 spiro atoms. The van der Waals surface area contributed by atoms with Crippen LogP contribution in [0.3, 0.4) is 0 Å². The normalized spacial score (nSPS) is 17.3. The Morgan fingerprint density at radius 1 is 1.25 bits per heavy atom. The number of nitrogens with zero attached hydrogens (tertiary/aromatic N) is 4. The van der Waals surface area contributed by atoms with E-state index >= 15 is 0 Å². The van der Waals surface area contributed by atoms with Gasteiger partial charge in [0.05, 0.1) is 18.4 Å². The van der Waals surface area contributed by atoms with Gasteiger partial charge in [-0.05, 0) is 63.9 Å². The topological polar surface area (TPSA) is 61.4 Å². The Kier molecular flexibility index (Phi) is 6.98. The molecule has 0 unspecified atom stereocenters. The van der Waals surface area contributed by atoms with Crippen molar-refractivity contribution in [2.75, 3.05) is 38.0 Å². The fraction of sp³-hybridized carbons (Fsp3) is 0.500. The van der Waals surface area contributed by atoms with Crippen LogP contribution < -0.4 is 5.32 Å². The van der Waals surface area contributed by atoms with Crippen LogP contribution >= 0.6 is 0 Å². The summed E-state index contributed by atoms with van der Waals surface area (Å²) in [6, 6.07) is 8.13. The molecule has 0 aliphatic carbocycles. The summed E-state index contributed by atoms with van der Waals surface area (Å²) in [6.45, 7) is 10.0. The molecule has 3 heterocycles. The van der Waals surface area contributed by atoms with Gasteiger partial charge < -0.3 is 10.2 Å². The van der Waals surface area contributed by atoms with E-state index in [9.17, 15) is 4.79 Å². The average molecular weight is 382 g/mol. The predicted molar refractivity (Wildman–Crippen MR) is 113 cm³/mol. The van der Waals surface area contributed by atoms with Crippen LogP contribution in [0, 0.1) is 6.92 Å². The first-order valence-electron chi connectivity index (χ1n) is 10.3. The Morgan fingerprint density at radius 3 is 2.75 bits per heavy atom. The van der Waals surface area contributed by atoms with Gasteiger partial charge in [-0.25, -0.2) is 4.98 Å². The van der Waals surface area contributed by atoms with Crippen LogP contribution in [0.4, 0.5) is 11.5 Å². The molecule has 1 saturated heterocycles. The number of aryl methyl sites for hydroxylation is 1. The number of likely N-dealkylation sites (N-methyl/N-ethyl adjacent to an activating group) is 1. The van der Waals surface area contributed by atoms with Gasteiger partial charge in [0, 0.05) is 37.4 Å². The third-order valence-electron chi connectivity index (χ3n) is 5.46. The molecule has 28 heavy (non-hydrogen) atoms. The Labute approximate surface area is 168 Å². The summed E-state index contributed by atoms with van der Waals surface area (Å²) in [5.41, 5.74) is 3.14. The second-order valence-corrected chi connectivity index (χ2v) is 7.41. The number of piperidine rings is 1. The minimum atomic E-state index is 0.226. The fourth-order valence-corrected chi connectivity index (χ4v) is 3.78. The Bertz CT molecular complexity index is 773. The third-order valence-corrected chi connectivity index (χ3v) is 5.46. The van der Waals surface area contributed by atoms with E-state index in [0.29, 0.717) is 12.5 Å². The molecule has 1 N–H and O–H groups in total. The molecule has 0 bridgehead atoms. The van der Waals surface area contributed by atoms with Gasteiger partial charge in [0.1, 0.15) is 5.82 Å². The second-order valence-electron chi connectivity index (χ2n) is 7.41. The first-order chi connectivity index (χ1) is 13.6. The molecule has 0 radical (unpaired) electrons. The Balaban J connectivity index is 1.60. The summed E-state index contributed by atoms with van der Waals surface area (Å²) in [7, 11) is 0. The third kappa shape index (κ3) is 5.07. The van der Waals surface area contributed by atoms with Crippen molar-refractivity contribution in [3.05, 3.63) is 47.9 Å². The zero-order valence-electron chi connectivity index (χ0n) is 17.2. The summed E-state index contributed by atoms with van der Waals surface area (Å²) in [5, 5.41) is 3.33. The molecule has 3 rings (SSSR count). The molecule has 6 nitrogen and oxygen atoms in total. The van der Waals surface area contributed by atoms with Gasteiger partial charge in [0.2, 0.25) is 5.91 Å². The highest BCUT2D eigenvalue weighted by molar-refractivity contribution is 5.78. The standard InChI is InChI=1S/C22H31N5O/c1-4-27(5-2)21(28)16-26-13-7-9-18(15-26)20-11-10-19(14-24-20)25-22-17(3)8-6-12-23-22/h6,8,10-12,14,18H,4-5,7,9,13,15-16H2,1-3H3,(H,23,25)/t18-/m1/s1. The van der Waals surface area contributed by atoms with E-state index in [1.54, 1.807) is 6.20 Å². The van der Waals surface area contributed by atoms with Gasteiger partial charge in [-0.2, -0.15) is 0 Å². The molecule has 1 amide bonds. The molecular weight excluding hydrogens is 350 g/mol. The number of hydrogen-bond donors (Lipinski definition) is 1. The number of carbonyl (C=O) groups is 1. The lowest BCUT2D eigenvalue weighted by Crippen LogP contribution is -2.43. The highest BCUT2D eigenvalue weighted by atomic mass is 16.2. The maximum Gasteiger partial charge on any atom is 0.236 e. The molecule has 2 aromatic rings. The zero-order valence-corrected chi connectivity index (χ0v) is 17.2. The minimum absolute atomic E-state index is 0.226. The van der Waals surface area contributed by atoms with Crippen LogP contribution in [0.2, 0.25) is 0 Å². The van der Waals surface area contributed by atoms with E-state index in [1.165, 1.54) is 0 Å². The van der Waals surface area contributed by atoms with Crippen LogP contribution in [0.5, 0.6) is 0 Å². The quantitative estimate of drug-likeness (QED) is 0.794. The van der Waals surface area contributed by atoms with Gasteiger partial charge in [0.15, 0.2) is 0 Å². The molecule has 2 aromatic heterocycles. The summed E-state index contributed by atoms with van der Waals surface area (Å²) < 4.78 is 0. The largest absolute Gasteiger partial charge is 0.342 e. The van der Waals surface area contributed by atoms with Crippen LogP contribution in [0.15, 0.2) is 36.7 Å². The molecule has 150 valence electrons. The first kappa shape index (κ1) is 20.3. The lowest BCUT2D eigenvalue weighted by Gasteiger charge is -2.33. The number of carbonyl (C=O) groups excluding carboxylic acids is 1. The van der Waals surface area contributed by atoms with Crippen molar-refractivity contribution >= 4 is 17.4 Å². The molecule has 6 heteroatoms. The molecule has 1 fully saturated rings. The van der Waals surface area contributed by atoms with E-state index < -0.39 is 0 Å². The Hall–Kier alpha value is -2.47. The number of aromatic nitrogens is 2. The van der Waals surface area contributed by atoms with Gasteiger partial charge in [-0.3, -0.25) is 14.7 Å². The maximum absolute atomic E-state index is 12.4. The number of pyridine rings is 2. The highest BCUT2D eigenvalue weighted by Crippen LogP contribution is 2.27. The molecule has 1 aliphatic heterocycles. The highest BCUT2D eigenvalue weighted by Gasteiger charge is 2.24. The molecule has 1 atom stereocenters. The van der Waals surface area contributed by atoms with Crippen molar-refractivity contribution in [2.24, 2.45) is 0 Å². The van der Waals surface area contributed by atoms with Gasteiger partial charge in [-0.1, -0.05) is 6.07 Å². The lowest BCUT2D eigenvalue weighted by molar-refractivity contribution is -0.132. The second kappa shape index (κ2) is 9.64. The van der Waals surface area contributed by atoms with Gasteiger partial charge >= 0.3 is 0 Å². The van der Waals surface area contributed by atoms with Crippen molar-refractivity contribution in [3.8, 4) is 0 Å². The maximum atomic E-state index is 12.4. The summed E-state index contributed by atoms with van der Waals surface area (Å²) >= 11 is 0. The summed E-state index contributed by atoms with van der Waals surface area (Å²) in [6.07, 6.45) is 5.89. The van der Waals surface area contributed by atoms with Crippen LogP contribution in [0.25, 0.3) is 0 Å². The zero-order chi connectivity index (χ0) is 19.9. The molecule has 0 saturated carbocycles. The SMILES string of the molecule is CCN(CC)C(=O)CN1CCC[C@@H](c2ccc(Nc3ncccc3C)cn2)C1. The van der Waals surface area contributed by atoms with E-state index in [4.69, 9.17) is 4.98 Å². The molecular formula is C22H31N5O. The van der Waals surface area contributed by atoms with Crippen LogP contribution in [-0.4, -0.2) is 58.4 Å². The monoisotopic (exact) mass is 381 g/mol. The molecule has 0 aromatic carbocycles. The Morgan fingerprint density at radius 2 is 2.07 bits per heavy atom. The van der Waals surface area contributed by atoms with E-state index in [2.05, 4.69) is 27.3 Å². The smallest absolute Gasteiger partial charge is 0.236 e. The molecule has 1 aliphatic rings. The fourth-order valence-electron chi connectivity index (χ4n) is 3.78. The first-order valence-corrected chi connectivity index (χ1v) is 10.3. The average Bonchev–Trinajstić information content (AvgIpc) is 2.71. The van der Waals surface area contributed by atoms with Crippen molar-refractivity contribution in [3.63, 3.8) is 0 Å². The van der Waals surface area contributed by atoms with Gasteiger partial charge in [0.25, 0.3) is 0 Å².